The number of nitrogens with zero attached hydrogens (tertiary/aromatic N) is 6. The molecule has 0 amide bonds. The van der Waals surface area contributed by atoms with Crippen molar-refractivity contribution in [1.29, 1.82) is 0 Å². The molecule has 0 atom stereocenters. The Balaban J connectivity index is 1.44. The standard InChI is InChI=1S/C19H26N8/c1-3-18-25-23-15-26(18)10-9-21-19(20-2)22-11-17-12-24-27(14-17)13-16-7-5-4-6-8-16/h4-8,12,14-15H,3,9-11,13H2,1-2H3,(H2,20,21,22). The van der Waals surface area contributed by atoms with Gasteiger partial charge >= 0.3 is 0 Å². The van der Waals surface area contributed by atoms with E-state index in [-0.39, 0.29) is 0 Å². The average Bonchev–Trinajstić information content (AvgIpc) is 3.34. The first kappa shape index (κ1) is 18.6. The molecule has 0 fully saturated rings. The van der Waals surface area contributed by atoms with Crippen LogP contribution < -0.4 is 10.6 Å². The van der Waals surface area contributed by atoms with Crippen LogP contribution in [0.2, 0.25) is 0 Å². The predicted octanol–water partition coefficient (Wildman–Crippen LogP) is 1.45. The van der Waals surface area contributed by atoms with Crippen LogP contribution in [0, 0.1) is 0 Å². The van der Waals surface area contributed by atoms with Crippen LogP contribution in [-0.4, -0.2) is 44.1 Å². The summed E-state index contributed by atoms with van der Waals surface area (Å²) in [6, 6.07) is 10.3. The topological polar surface area (TPSA) is 84.9 Å². The normalized spacial score (nSPS) is 11.6. The Morgan fingerprint density at radius 2 is 2.00 bits per heavy atom. The van der Waals surface area contributed by atoms with E-state index in [1.165, 1.54) is 5.56 Å². The third-order valence-corrected chi connectivity index (χ3v) is 4.21. The van der Waals surface area contributed by atoms with Gasteiger partial charge in [0.2, 0.25) is 0 Å². The molecule has 142 valence electrons. The molecular formula is C19H26N8. The summed E-state index contributed by atoms with van der Waals surface area (Å²) in [6.07, 6.45) is 6.57. The average molecular weight is 366 g/mol. The molecule has 0 saturated heterocycles. The highest BCUT2D eigenvalue weighted by Crippen LogP contribution is 2.04. The highest BCUT2D eigenvalue weighted by molar-refractivity contribution is 5.79. The number of aromatic nitrogens is 5. The molecular weight excluding hydrogens is 340 g/mol. The van der Waals surface area contributed by atoms with Gasteiger partial charge in [-0.1, -0.05) is 37.3 Å². The van der Waals surface area contributed by atoms with Gasteiger partial charge in [-0.15, -0.1) is 10.2 Å². The van der Waals surface area contributed by atoms with Crippen LogP contribution in [0.15, 0.2) is 54.0 Å². The van der Waals surface area contributed by atoms with E-state index in [1.807, 2.05) is 33.6 Å². The van der Waals surface area contributed by atoms with Crippen LogP contribution in [0.25, 0.3) is 0 Å². The fourth-order valence-electron chi connectivity index (χ4n) is 2.80. The maximum absolute atomic E-state index is 4.43. The molecule has 2 N–H and O–H groups in total. The van der Waals surface area contributed by atoms with Crippen molar-refractivity contribution in [1.82, 2.24) is 35.2 Å². The summed E-state index contributed by atoms with van der Waals surface area (Å²) in [5.41, 5.74) is 2.35. The lowest BCUT2D eigenvalue weighted by molar-refractivity contribution is 0.632. The second-order valence-electron chi connectivity index (χ2n) is 6.18. The summed E-state index contributed by atoms with van der Waals surface area (Å²) >= 11 is 0. The number of aryl methyl sites for hydroxylation is 1. The maximum Gasteiger partial charge on any atom is 0.191 e. The van der Waals surface area contributed by atoms with Gasteiger partial charge in [0.15, 0.2) is 5.96 Å². The largest absolute Gasteiger partial charge is 0.355 e. The van der Waals surface area contributed by atoms with Crippen molar-refractivity contribution in [2.75, 3.05) is 13.6 Å². The van der Waals surface area contributed by atoms with Gasteiger partial charge in [0.25, 0.3) is 0 Å². The summed E-state index contributed by atoms with van der Waals surface area (Å²) in [7, 11) is 1.77. The molecule has 0 spiro atoms. The van der Waals surface area contributed by atoms with E-state index in [4.69, 9.17) is 0 Å². The smallest absolute Gasteiger partial charge is 0.191 e. The highest BCUT2D eigenvalue weighted by atomic mass is 15.3. The van der Waals surface area contributed by atoms with Crippen molar-refractivity contribution >= 4 is 5.96 Å². The summed E-state index contributed by atoms with van der Waals surface area (Å²) in [6.45, 7) is 5.06. The molecule has 8 nitrogen and oxygen atoms in total. The zero-order valence-corrected chi connectivity index (χ0v) is 15.8. The lowest BCUT2D eigenvalue weighted by Gasteiger charge is -2.12. The fourth-order valence-corrected chi connectivity index (χ4v) is 2.80. The molecule has 8 heteroatoms. The molecule has 0 unspecified atom stereocenters. The zero-order chi connectivity index (χ0) is 18.9. The maximum atomic E-state index is 4.43. The van der Waals surface area contributed by atoms with Gasteiger partial charge in [-0.2, -0.15) is 5.10 Å². The number of rotatable bonds is 8. The van der Waals surface area contributed by atoms with Crippen LogP contribution in [0.3, 0.4) is 0 Å². The fraction of sp³-hybridized carbons (Fsp3) is 0.368. The Kier molecular flexibility index (Phi) is 6.56. The van der Waals surface area contributed by atoms with E-state index >= 15 is 0 Å². The van der Waals surface area contributed by atoms with Crippen LogP contribution >= 0.6 is 0 Å². The van der Waals surface area contributed by atoms with Gasteiger partial charge in [0, 0.05) is 44.9 Å². The van der Waals surface area contributed by atoms with Gasteiger partial charge in [-0.05, 0) is 5.56 Å². The number of hydrogen-bond acceptors (Lipinski definition) is 4. The number of benzene rings is 1. The third-order valence-electron chi connectivity index (χ3n) is 4.21. The molecule has 2 aromatic heterocycles. The van der Waals surface area contributed by atoms with Crippen LogP contribution in [0.1, 0.15) is 23.9 Å². The molecule has 0 radical (unpaired) electrons. The Bertz CT molecular complexity index is 849. The van der Waals surface area contributed by atoms with Crippen molar-refractivity contribution in [3.63, 3.8) is 0 Å². The van der Waals surface area contributed by atoms with E-state index in [0.717, 1.165) is 43.4 Å². The minimum atomic E-state index is 0.668. The van der Waals surface area contributed by atoms with Gasteiger partial charge < -0.3 is 15.2 Å². The van der Waals surface area contributed by atoms with Crippen LogP contribution in [-0.2, 0) is 26.1 Å². The molecule has 1 aromatic carbocycles. The minimum absolute atomic E-state index is 0.668. The lowest BCUT2D eigenvalue weighted by Crippen LogP contribution is -2.38. The van der Waals surface area contributed by atoms with Crippen molar-refractivity contribution in [2.24, 2.45) is 4.99 Å². The number of aliphatic imine (C=N–C) groups is 1. The number of guanidine groups is 1. The molecule has 0 aliphatic heterocycles. The highest BCUT2D eigenvalue weighted by Gasteiger charge is 2.04. The van der Waals surface area contributed by atoms with Gasteiger partial charge in [0.05, 0.1) is 12.7 Å². The van der Waals surface area contributed by atoms with Gasteiger partial charge in [0.1, 0.15) is 12.2 Å². The molecule has 3 aromatic rings. The van der Waals surface area contributed by atoms with Gasteiger partial charge in [-0.3, -0.25) is 9.67 Å². The van der Waals surface area contributed by atoms with E-state index in [2.05, 4.69) is 56.2 Å². The van der Waals surface area contributed by atoms with Crippen molar-refractivity contribution < 1.29 is 0 Å². The molecule has 0 aliphatic rings. The summed E-state index contributed by atoms with van der Waals surface area (Å²) in [5.74, 6) is 1.75. The second-order valence-corrected chi connectivity index (χ2v) is 6.18. The molecule has 2 heterocycles. The molecule has 0 bridgehead atoms. The summed E-state index contributed by atoms with van der Waals surface area (Å²) in [5, 5.41) is 19.1. The van der Waals surface area contributed by atoms with Crippen molar-refractivity contribution in [2.45, 2.75) is 33.0 Å². The Labute approximate surface area is 159 Å². The Morgan fingerprint density at radius 3 is 2.78 bits per heavy atom. The third kappa shape index (κ3) is 5.40. The van der Waals surface area contributed by atoms with Crippen LogP contribution in [0.4, 0.5) is 0 Å². The molecule has 0 saturated carbocycles. The zero-order valence-electron chi connectivity index (χ0n) is 15.8. The molecule has 0 aliphatic carbocycles. The Hall–Kier alpha value is -3.16. The molecule has 3 rings (SSSR count). The monoisotopic (exact) mass is 366 g/mol. The van der Waals surface area contributed by atoms with Crippen molar-refractivity contribution in [3.05, 3.63) is 66.0 Å². The minimum Gasteiger partial charge on any atom is -0.355 e. The predicted molar refractivity (Wildman–Crippen MR) is 105 cm³/mol. The molecule has 27 heavy (non-hydrogen) atoms. The number of nitrogens with one attached hydrogen (secondary N) is 2. The quantitative estimate of drug-likeness (QED) is 0.466. The first-order valence-corrected chi connectivity index (χ1v) is 9.15. The van der Waals surface area contributed by atoms with Crippen LogP contribution in [0.5, 0.6) is 0 Å². The van der Waals surface area contributed by atoms with E-state index in [1.54, 1.807) is 13.4 Å². The van der Waals surface area contributed by atoms with Gasteiger partial charge in [-0.25, -0.2) is 0 Å². The Morgan fingerprint density at radius 1 is 1.15 bits per heavy atom. The summed E-state index contributed by atoms with van der Waals surface area (Å²) < 4.78 is 3.99. The first-order valence-electron chi connectivity index (χ1n) is 9.15. The van der Waals surface area contributed by atoms with E-state index < -0.39 is 0 Å². The number of hydrogen-bond donors (Lipinski definition) is 2. The summed E-state index contributed by atoms with van der Waals surface area (Å²) in [4.78, 5) is 4.27. The van der Waals surface area contributed by atoms with E-state index in [0.29, 0.717) is 6.54 Å². The SMILES string of the molecule is CCc1nncn1CCNC(=NC)NCc1cnn(Cc2ccccc2)c1. The second kappa shape index (κ2) is 9.51. The first-order chi connectivity index (χ1) is 13.3. The van der Waals surface area contributed by atoms with Crippen molar-refractivity contribution in [3.8, 4) is 0 Å². The van der Waals surface area contributed by atoms with E-state index in [9.17, 15) is 0 Å². The lowest BCUT2D eigenvalue weighted by atomic mass is 10.2.